The van der Waals surface area contributed by atoms with Crippen LogP contribution in [0.2, 0.25) is 0 Å². The van der Waals surface area contributed by atoms with Gasteiger partial charge in [0.05, 0.1) is 6.04 Å². The third-order valence-electron chi connectivity index (χ3n) is 3.05. The number of rotatable bonds is 4. The maximum absolute atomic E-state index is 11.9. The lowest BCUT2D eigenvalue weighted by atomic mass is 10.2. The lowest BCUT2D eigenvalue weighted by Gasteiger charge is -2.29. The highest BCUT2D eigenvalue weighted by molar-refractivity contribution is 5.82. The molecule has 1 saturated heterocycles. The Labute approximate surface area is 102 Å². The molecule has 5 heteroatoms. The van der Waals surface area contributed by atoms with E-state index in [1.54, 1.807) is 0 Å². The van der Waals surface area contributed by atoms with E-state index in [0.29, 0.717) is 6.54 Å². The molecule has 94 valence electrons. The molecule has 0 radical (unpaired) electrons. The molecule has 17 heavy (non-hydrogen) atoms. The molecule has 1 amide bonds. The number of aromatic nitrogens is 1. The highest BCUT2D eigenvalue weighted by atomic mass is 16.2. The van der Waals surface area contributed by atoms with Gasteiger partial charge in [-0.3, -0.25) is 4.79 Å². The van der Waals surface area contributed by atoms with Crippen molar-refractivity contribution >= 4 is 5.91 Å². The number of aromatic amines is 1. The first-order chi connectivity index (χ1) is 8.25. The summed E-state index contributed by atoms with van der Waals surface area (Å²) in [6.45, 7) is 3.35. The molecule has 1 aromatic heterocycles. The summed E-state index contributed by atoms with van der Waals surface area (Å²) >= 11 is 0. The number of nitrogens with zero attached hydrogens (tertiary/aromatic N) is 1. The number of hydrogen-bond acceptors (Lipinski definition) is 3. The third kappa shape index (κ3) is 3.57. The molecule has 0 bridgehead atoms. The standard InChI is InChI=1S/C12H20N4O/c1-16-8-7-14-11(9-16)12(17)15-6-4-10-3-2-5-13-10/h2-3,5,11,13-14H,4,6-9H2,1H3,(H,15,17). The van der Waals surface area contributed by atoms with Crippen LogP contribution in [0.1, 0.15) is 5.69 Å². The van der Waals surface area contributed by atoms with Gasteiger partial charge < -0.3 is 20.5 Å². The Morgan fingerprint density at radius 3 is 3.24 bits per heavy atom. The largest absolute Gasteiger partial charge is 0.365 e. The van der Waals surface area contributed by atoms with Gasteiger partial charge in [0.2, 0.25) is 5.91 Å². The summed E-state index contributed by atoms with van der Waals surface area (Å²) in [5, 5.41) is 6.19. The summed E-state index contributed by atoms with van der Waals surface area (Å²) in [5.41, 5.74) is 1.15. The lowest BCUT2D eigenvalue weighted by Crippen LogP contribution is -2.56. The van der Waals surface area contributed by atoms with Gasteiger partial charge in [0.25, 0.3) is 0 Å². The van der Waals surface area contributed by atoms with Gasteiger partial charge in [0.15, 0.2) is 0 Å². The van der Waals surface area contributed by atoms with Crippen LogP contribution in [-0.2, 0) is 11.2 Å². The van der Waals surface area contributed by atoms with Crippen LogP contribution >= 0.6 is 0 Å². The Hall–Kier alpha value is -1.33. The number of carbonyl (C=O) groups is 1. The second-order valence-electron chi connectivity index (χ2n) is 4.51. The quantitative estimate of drug-likeness (QED) is 0.665. The fourth-order valence-electron chi connectivity index (χ4n) is 2.04. The van der Waals surface area contributed by atoms with E-state index in [4.69, 9.17) is 0 Å². The predicted molar refractivity (Wildman–Crippen MR) is 66.8 cm³/mol. The first-order valence-corrected chi connectivity index (χ1v) is 6.07. The van der Waals surface area contributed by atoms with E-state index in [1.165, 1.54) is 0 Å². The van der Waals surface area contributed by atoms with Gasteiger partial charge in [-0.05, 0) is 19.2 Å². The van der Waals surface area contributed by atoms with Crippen molar-refractivity contribution in [1.29, 1.82) is 0 Å². The molecule has 1 aliphatic heterocycles. The molecule has 1 aromatic rings. The smallest absolute Gasteiger partial charge is 0.238 e. The van der Waals surface area contributed by atoms with E-state index in [0.717, 1.165) is 31.7 Å². The van der Waals surface area contributed by atoms with Gasteiger partial charge in [0, 0.05) is 44.5 Å². The second kappa shape index (κ2) is 5.84. The first-order valence-electron chi connectivity index (χ1n) is 6.07. The van der Waals surface area contributed by atoms with Crippen molar-refractivity contribution in [1.82, 2.24) is 20.5 Å². The monoisotopic (exact) mass is 236 g/mol. The number of likely N-dealkylation sites (N-methyl/N-ethyl adjacent to an activating group) is 1. The van der Waals surface area contributed by atoms with Crippen LogP contribution in [-0.4, -0.2) is 55.1 Å². The summed E-state index contributed by atoms with van der Waals surface area (Å²) in [7, 11) is 2.04. The number of hydrogen-bond donors (Lipinski definition) is 3. The number of carbonyl (C=O) groups excluding carboxylic acids is 1. The zero-order chi connectivity index (χ0) is 12.1. The molecule has 1 atom stereocenters. The van der Waals surface area contributed by atoms with E-state index >= 15 is 0 Å². The summed E-state index contributed by atoms with van der Waals surface area (Å²) in [6, 6.07) is 3.92. The summed E-state index contributed by atoms with van der Waals surface area (Å²) in [6.07, 6.45) is 2.75. The predicted octanol–water partition coefficient (Wildman–Crippen LogP) is -0.423. The molecule has 3 N–H and O–H groups in total. The lowest BCUT2D eigenvalue weighted by molar-refractivity contribution is -0.124. The molecule has 1 unspecified atom stereocenters. The van der Waals surface area contributed by atoms with Crippen molar-refractivity contribution < 1.29 is 4.79 Å². The molecule has 0 saturated carbocycles. The van der Waals surface area contributed by atoms with E-state index in [1.807, 2.05) is 25.4 Å². The van der Waals surface area contributed by atoms with Crippen LogP contribution in [0.3, 0.4) is 0 Å². The van der Waals surface area contributed by atoms with Gasteiger partial charge >= 0.3 is 0 Å². The van der Waals surface area contributed by atoms with Crippen LogP contribution < -0.4 is 10.6 Å². The maximum atomic E-state index is 11.9. The highest BCUT2D eigenvalue weighted by Gasteiger charge is 2.22. The molecular weight excluding hydrogens is 216 g/mol. The number of amides is 1. The van der Waals surface area contributed by atoms with Gasteiger partial charge in [0.1, 0.15) is 0 Å². The summed E-state index contributed by atoms with van der Waals surface area (Å²) in [5.74, 6) is 0.100. The Balaban J connectivity index is 1.70. The van der Waals surface area contributed by atoms with Crippen LogP contribution in [0.4, 0.5) is 0 Å². The van der Waals surface area contributed by atoms with Crippen molar-refractivity contribution in [3.05, 3.63) is 24.0 Å². The SMILES string of the molecule is CN1CCNC(C(=O)NCCc2ccc[nH]2)C1. The molecule has 5 nitrogen and oxygen atoms in total. The van der Waals surface area contributed by atoms with Crippen molar-refractivity contribution in [2.75, 3.05) is 33.2 Å². The van der Waals surface area contributed by atoms with Gasteiger partial charge in [-0.1, -0.05) is 0 Å². The number of nitrogens with one attached hydrogen (secondary N) is 3. The van der Waals surface area contributed by atoms with Gasteiger partial charge in [-0.25, -0.2) is 0 Å². The molecule has 0 aromatic carbocycles. The Morgan fingerprint density at radius 2 is 2.53 bits per heavy atom. The van der Waals surface area contributed by atoms with Crippen molar-refractivity contribution in [3.63, 3.8) is 0 Å². The number of piperazine rings is 1. The zero-order valence-electron chi connectivity index (χ0n) is 10.2. The van der Waals surface area contributed by atoms with Gasteiger partial charge in [-0.2, -0.15) is 0 Å². The molecule has 1 aliphatic rings. The molecule has 1 fully saturated rings. The third-order valence-corrected chi connectivity index (χ3v) is 3.05. The molecule has 0 spiro atoms. The van der Waals surface area contributed by atoms with Crippen molar-refractivity contribution in [2.45, 2.75) is 12.5 Å². The highest BCUT2D eigenvalue weighted by Crippen LogP contribution is 1.97. The van der Waals surface area contributed by atoms with E-state index in [2.05, 4.69) is 20.5 Å². The van der Waals surface area contributed by atoms with E-state index < -0.39 is 0 Å². The summed E-state index contributed by atoms with van der Waals surface area (Å²) < 4.78 is 0. The topological polar surface area (TPSA) is 60.2 Å². The molecule has 0 aliphatic carbocycles. The normalized spacial score (nSPS) is 21.4. The van der Waals surface area contributed by atoms with Crippen LogP contribution in [0.25, 0.3) is 0 Å². The minimum atomic E-state index is -0.0719. The molecule has 2 rings (SSSR count). The number of H-pyrrole nitrogens is 1. The van der Waals surface area contributed by atoms with E-state index in [-0.39, 0.29) is 11.9 Å². The van der Waals surface area contributed by atoms with Crippen molar-refractivity contribution in [2.24, 2.45) is 0 Å². The van der Waals surface area contributed by atoms with Crippen molar-refractivity contribution in [3.8, 4) is 0 Å². The van der Waals surface area contributed by atoms with Crippen LogP contribution in [0.15, 0.2) is 18.3 Å². The maximum Gasteiger partial charge on any atom is 0.238 e. The average molecular weight is 236 g/mol. The summed E-state index contributed by atoms with van der Waals surface area (Å²) in [4.78, 5) is 17.2. The fourth-order valence-corrected chi connectivity index (χ4v) is 2.04. The average Bonchev–Trinajstić information content (AvgIpc) is 2.82. The minimum Gasteiger partial charge on any atom is -0.365 e. The molecular formula is C12H20N4O. The van der Waals surface area contributed by atoms with Crippen LogP contribution in [0, 0.1) is 0 Å². The van der Waals surface area contributed by atoms with Crippen LogP contribution in [0.5, 0.6) is 0 Å². The Kier molecular flexibility index (Phi) is 4.17. The molecule has 2 heterocycles. The van der Waals surface area contributed by atoms with Gasteiger partial charge in [-0.15, -0.1) is 0 Å². The first kappa shape index (κ1) is 12.1. The minimum absolute atomic E-state index is 0.0719. The second-order valence-corrected chi connectivity index (χ2v) is 4.51. The Bertz CT molecular complexity index is 349. The fraction of sp³-hybridized carbons (Fsp3) is 0.583. The Morgan fingerprint density at radius 1 is 1.65 bits per heavy atom. The zero-order valence-corrected chi connectivity index (χ0v) is 10.2. The van der Waals surface area contributed by atoms with E-state index in [9.17, 15) is 4.79 Å².